The quantitative estimate of drug-likeness (QED) is 0.0274. The molecule has 32 nitrogen and oxygen atoms in total. The highest BCUT2D eigenvalue weighted by atomic mass is 32.1. The summed E-state index contributed by atoms with van der Waals surface area (Å²) in [6.45, 7) is 19.6. The Kier molecular flexibility index (Phi) is 33.5. The van der Waals surface area contributed by atoms with Crippen LogP contribution in [0.15, 0.2) is 213 Å². The van der Waals surface area contributed by atoms with Gasteiger partial charge in [0.1, 0.15) is 57.5 Å². The van der Waals surface area contributed by atoms with E-state index in [1.165, 1.54) is 34.2 Å². The number of ether oxygens (including phenoxy) is 5. The van der Waals surface area contributed by atoms with Crippen LogP contribution in [0.3, 0.4) is 0 Å². The summed E-state index contributed by atoms with van der Waals surface area (Å²) in [6.07, 6.45) is 21.2. The van der Waals surface area contributed by atoms with Crippen LogP contribution in [-0.4, -0.2) is 187 Å². The molecule has 149 heavy (non-hydrogen) atoms. The fourth-order valence-corrected chi connectivity index (χ4v) is 20.1. The zero-order valence-corrected chi connectivity index (χ0v) is 86.0. The smallest absolute Gasteiger partial charge is 0.490 e. The molecule has 1 aliphatic carbocycles. The number of pyridine rings is 4. The molecule has 3 unspecified atom stereocenters. The van der Waals surface area contributed by atoms with Gasteiger partial charge in [0.25, 0.3) is 22.2 Å². The van der Waals surface area contributed by atoms with Crippen molar-refractivity contribution in [1.82, 2.24) is 92.7 Å². The lowest BCUT2D eigenvalue weighted by atomic mass is 10.0. The van der Waals surface area contributed by atoms with E-state index in [2.05, 4.69) is 168 Å². The molecule has 0 spiro atoms. The van der Waals surface area contributed by atoms with Crippen molar-refractivity contribution in [2.45, 2.75) is 142 Å². The van der Waals surface area contributed by atoms with E-state index < -0.39 is 17.5 Å². The van der Waals surface area contributed by atoms with Gasteiger partial charge in [0.05, 0.1) is 61.2 Å². The number of rotatable bonds is 26. The third-order valence-electron chi connectivity index (χ3n) is 25.4. The average molecular weight is 2070 g/mol. The molecule has 16 aromatic rings. The summed E-state index contributed by atoms with van der Waals surface area (Å²) >= 11 is 4.64. The maximum atomic E-state index is 13.8. The van der Waals surface area contributed by atoms with E-state index in [0.717, 1.165) is 182 Å². The minimum atomic E-state index is -4.97. The largest absolute Gasteiger partial charge is 0.493 e. The second-order valence-electron chi connectivity index (χ2n) is 37.3. The molecule has 4 aliphatic heterocycles. The normalized spacial score (nSPS) is 15.8. The number of terminal acetylenes is 1. The number of nitrogens with one attached hydrogen (secondary N) is 6. The van der Waals surface area contributed by atoms with Crippen molar-refractivity contribution in [3.8, 4) is 70.1 Å². The number of hydrogen-bond donors (Lipinski definition) is 6. The molecule has 16 heterocycles. The second-order valence-corrected chi connectivity index (χ2v) is 40.1. The number of thiophene rings is 2. The van der Waals surface area contributed by atoms with E-state index in [9.17, 15) is 32.3 Å². The molecule has 0 radical (unpaired) electrons. The zero-order chi connectivity index (χ0) is 104. The van der Waals surface area contributed by atoms with Gasteiger partial charge in [-0.2, -0.15) is 34.0 Å². The third kappa shape index (κ3) is 26.4. The third-order valence-corrected chi connectivity index (χ3v) is 28.2. The Morgan fingerprint density at radius 2 is 1.07 bits per heavy atom. The summed E-state index contributed by atoms with van der Waals surface area (Å²) in [5.74, 6) is 24.1. The highest BCUT2D eigenvalue weighted by Crippen LogP contribution is 2.35. The van der Waals surface area contributed by atoms with Crippen molar-refractivity contribution in [2.75, 3.05) is 108 Å². The summed E-state index contributed by atoms with van der Waals surface area (Å²) in [4.78, 5) is 95.6. The molecule has 38 heteroatoms. The molecule has 6 N–H and O–H groups in total. The lowest BCUT2D eigenvalue weighted by molar-refractivity contribution is -0.203. The van der Waals surface area contributed by atoms with Crippen LogP contribution in [0.1, 0.15) is 152 Å². The Morgan fingerprint density at radius 1 is 0.550 bits per heavy atom. The van der Waals surface area contributed by atoms with Gasteiger partial charge < -0.3 is 65.4 Å². The first-order chi connectivity index (χ1) is 72.4. The monoisotopic (exact) mass is 2070 g/mol. The summed E-state index contributed by atoms with van der Waals surface area (Å²) in [5.41, 5.74) is 7.56. The molecule has 0 amide bonds. The van der Waals surface area contributed by atoms with E-state index in [0.29, 0.717) is 94.4 Å². The molecule has 21 rings (SSSR count). The number of piperidine rings is 2. The lowest BCUT2D eigenvalue weighted by Crippen LogP contribution is -2.37. The number of methoxy groups -OCH3 is 1. The standard InChI is InChI=1S/C30H28N8O2S.C29H31N5O3S.C28H29N5O2S.C24H24F3N5O2.4H2/c39-28-21(5-4-20-2-3-20)16-22-17-32-30(35-24-6-8-25(9-7-24)40-26-10-13-31-14-11-26)36-27(22)37(28)19-23-18-34-41-29(23)38-15-1-12-33-38;1-3-5-20-16-22-17-31-29(32-23-7-9-24(10-8-23)37-25-6-4-13-30-18-25)33-27(22)34(28(20)35)19-21-12-15-38-26(21)11-14-36-2;1-5-19-14-21-15-29-28(30-22-8-6-20(7-9-22)24-16-32(4)11-12-35-24)31-26(21)33(27(19)34)17-25-23(18(2)3)10-13-36-25;1-15(2)4-5-16-12-17-13-28-23(30-21(17)32(22(16)33)24(25,26)27)29-18-6-8-19(9-7-18)34-20-10-11-31(3)14-20;;;;/h1,6-9,12,15-18,20,26,31H,2-3,10-11,13-14,19H2,(H,32,35,36);7-10,12,15-17,25,30H,4,6,11,13-14,18-19H2,1-2H3,(H,31,32,33);1,6-10,13-15,18,24H,11-12,16-17H2,2-4H3,(H,29,30,31);6-9,12-13,15,20H,10-11,14H2,1-3H3,(H,28,29,30);4*1H. The number of anilines is 8. The summed E-state index contributed by atoms with van der Waals surface area (Å²) in [7, 11) is 5.84. The first-order valence-corrected chi connectivity index (χ1v) is 52.0. The minimum Gasteiger partial charge on any atom is -0.490 e. The average Bonchev–Trinajstić information content (AvgIpc) is 1.76. The molecule has 4 saturated heterocycles. The second kappa shape index (κ2) is 48.1. The Morgan fingerprint density at radius 3 is 1.58 bits per heavy atom. The van der Waals surface area contributed by atoms with Crippen molar-refractivity contribution in [1.29, 1.82) is 0 Å². The summed E-state index contributed by atoms with van der Waals surface area (Å²) < 4.78 is 81.5. The molecule has 5 fully saturated rings. The lowest BCUT2D eigenvalue weighted by Gasteiger charge is -2.30. The number of likely N-dealkylation sites (tertiary alicyclic amines) is 1. The van der Waals surface area contributed by atoms with E-state index in [1.54, 1.807) is 142 Å². The maximum absolute atomic E-state index is 13.8. The van der Waals surface area contributed by atoms with Gasteiger partial charge in [-0.05, 0) is 258 Å². The predicted octanol–water partition coefficient (Wildman–Crippen LogP) is 18.3. The van der Waals surface area contributed by atoms with Crippen LogP contribution < -0.4 is 68.3 Å². The van der Waals surface area contributed by atoms with Gasteiger partial charge in [-0.3, -0.25) is 32.9 Å². The van der Waals surface area contributed by atoms with Crippen LogP contribution in [0.2, 0.25) is 0 Å². The topological polar surface area (TPSA) is 347 Å². The first kappa shape index (κ1) is 104. The van der Waals surface area contributed by atoms with Crippen molar-refractivity contribution in [2.24, 2.45) is 11.8 Å². The maximum Gasteiger partial charge on any atom is 0.493 e. The van der Waals surface area contributed by atoms with Gasteiger partial charge in [0, 0.05) is 167 Å². The van der Waals surface area contributed by atoms with Crippen LogP contribution in [0.25, 0.3) is 49.1 Å². The molecular formula is C111H120F3N23O9S3. The van der Waals surface area contributed by atoms with Gasteiger partial charge in [0.15, 0.2) is 5.65 Å². The van der Waals surface area contributed by atoms with Crippen LogP contribution in [0.4, 0.5) is 59.7 Å². The number of hydrogen-bond acceptors (Lipinski definition) is 30. The molecule has 0 bridgehead atoms. The van der Waals surface area contributed by atoms with E-state index in [1.807, 2.05) is 85.4 Å². The number of halogens is 3. The Bertz CT molecular complexity index is 7980. The number of nitrogens with zero attached hydrogens (tertiary/aromatic N) is 17. The molecular weight excluding hydrogens is 1950 g/mol. The number of alkyl halides is 3. The molecule has 772 valence electrons. The summed E-state index contributed by atoms with van der Waals surface area (Å²) in [5, 5.41) is 31.0. The number of aromatic nitrogens is 15. The van der Waals surface area contributed by atoms with Crippen LogP contribution in [0, 0.1) is 59.7 Å². The summed E-state index contributed by atoms with van der Waals surface area (Å²) in [6, 6.07) is 43.2. The van der Waals surface area contributed by atoms with Crippen molar-refractivity contribution >= 4 is 125 Å². The highest BCUT2D eigenvalue weighted by molar-refractivity contribution is 7.10. The minimum absolute atomic E-state index is 0. The SMILES string of the molecule is C#Cc1cc2cnc(Nc3ccc(C4CN(C)CCO4)cc3)nc2n(Cc2sccc2C(C)C)c1=O.CC#Cc1cc2cnc(Nc3ccc(OC4CCCNC4)cc3)nc2n(Cc2ccsc2CCOC)c1=O.CC(C)C#Cc1cc2cnc(Nc3ccc(OC4CCN(C)C4)cc3)nc2n(C(F)(F)F)c1=O.O=c1c(C#CC2CC2)cc2cnc(Nc3ccc(OC4CCNCC4)cc3)nc2n1Cc1cnsc1-n1cccn1.[HH].[HH].[HH].[HH]. The first-order valence-electron chi connectivity index (χ1n) is 49.4. The predicted molar refractivity (Wildman–Crippen MR) is 586 cm³/mol. The Balaban J connectivity index is 0.000000159. The number of fused-ring (bicyclic) bond motifs is 4. The van der Waals surface area contributed by atoms with Gasteiger partial charge in [-0.15, -0.1) is 48.2 Å². The van der Waals surface area contributed by atoms with Gasteiger partial charge in [-0.25, -0.2) is 24.6 Å². The number of likely N-dealkylation sites (N-methyl/N-ethyl adjacent to an activating group) is 2. The molecule has 3 atom stereocenters. The Hall–Kier alpha value is -15.3. The number of benzene rings is 4. The van der Waals surface area contributed by atoms with Crippen molar-refractivity contribution < 1.29 is 42.6 Å². The fourth-order valence-electron chi connectivity index (χ4n) is 17.5. The zero-order valence-electron chi connectivity index (χ0n) is 83.6. The Labute approximate surface area is 876 Å². The van der Waals surface area contributed by atoms with Crippen LogP contribution in [0.5, 0.6) is 17.2 Å². The van der Waals surface area contributed by atoms with Crippen LogP contribution in [-0.2, 0) is 41.8 Å². The molecule has 12 aromatic heterocycles. The van der Waals surface area contributed by atoms with E-state index in [4.69, 9.17) is 45.1 Å². The van der Waals surface area contributed by atoms with Crippen molar-refractivity contribution in [3.63, 3.8) is 0 Å². The van der Waals surface area contributed by atoms with E-state index in [-0.39, 0.29) is 80.7 Å². The number of morpholine rings is 1. The molecule has 5 aliphatic rings. The fraction of sp³-hybridized carbons (Fsp3) is 0.333. The highest BCUT2D eigenvalue weighted by Gasteiger charge is 2.36. The van der Waals surface area contributed by atoms with E-state index >= 15 is 0 Å². The van der Waals surface area contributed by atoms with Gasteiger partial charge in [-0.1, -0.05) is 75.4 Å². The molecule has 4 aromatic carbocycles. The molecule has 1 saturated carbocycles. The van der Waals surface area contributed by atoms with Gasteiger partial charge >= 0.3 is 6.30 Å². The van der Waals surface area contributed by atoms with Crippen LogP contribution >= 0.6 is 34.2 Å². The van der Waals surface area contributed by atoms with Crippen molar-refractivity contribution in [3.05, 3.63) is 289 Å². The van der Waals surface area contributed by atoms with Gasteiger partial charge in [0.2, 0.25) is 23.8 Å².